The average molecular weight is 340 g/mol. The zero-order valence-corrected chi connectivity index (χ0v) is 15.0. The number of aliphatic hydroxyl groups is 1. The molecule has 132 valence electrons. The van der Waals surface area contributed by atoms with E-state index in [0.29, 0.717) is 11.3 Å². The minimum Gasteiger partial charge on any atom is -0.489 e. The van der Waals surface area contributed by atoms with Gasteiger partial charge in [-0.2, -0.15) is 0 Å². The normalized spacial score (nSPS) is 10.4. The SMILES string of the molecule is C=C(C)C(=O)OCCOc1cc(CO)ccc1-c1ccc(C)cc1C. The minimum absolute atomic E-state index is 0.0613. The molecule has 0 unspecified atom stereocenters. The van der Waals surface area contributed by atoms with Gasteiger partial charge >= 0.3 is 5.97 Å². The number of hydrogen-bond acceptors (Lipinski definition) is 4. The highest BCUT2D eigenvalue weighted by atomic mass is 16.6. The molecule has 0 aliphatic rings. The zero-order chi connectivity index (χ0) is 18.4. The van der Waals surface area contributed by atoms with Crippen LogP contribution in [0.15, 0.2) is 48.6 Å². The largest absolute Gasteiger partial charge is 0.489 e. The number of aliphatic hydroxyl groups excluding tert-OH is 1. The molecule has 0 aliphatic heterocycles. The third-order valence-corrected chi connectivity index (χ3v) is 3.82. The molecule has 0 amide bonds. The van der Waals surface area contributed by atoms with Gasteiger partial charge in [-0.3, -0.25) is 0 Å². The second-order valence-corrected chi connectivity index (χ2v) is 6.07. The van der Waals surface area contributed by atoms with Crippen molar-refractivity contribution in [1.29, 1.82) is 0 Å². The summed E-state index contributed by atoms with van der Waals surface area (Å²) in [4.78, 5) is 11.4. The van der Waals surface area contributed by atoms with Crippen molar-refractivity contribution >= 4 is 5.97 Å². The molecule has 2 rings (SSSR count). The van der Waals surface area contributed by atoms with Gasteiger partial charge < -0.3 is 14.6 Å². The van der Waals surface area contributed by atoms with E-state index in [1.54, 1.807) is 6.92 Å². The highest BCUT2D eigenvalue weighted by Crippen LogP contribution is 2.33. The van der Waals surface area contributed by atoms with Crippen LogP contribution in [0.2, 0.25) is 0 Å². The van der Waals surface area contributed by atoms with Gasteiger partial charge in [0.15, 0.2) is 0 Å². The van der Waals surface area contributed by atoms with E-state index in [4.69, 9.17) is 9.47 Å². The summed E-state index contributed by atoms with van der Waals surface area (Å²) in [7, 11) is 0. The standard InChI is InChI=1S/C21H24O4/c1-14(2)21(23)25-10-9-24-20-12-17(13-22)6-8-19(20)18-7-5-15(3)11-16(18)4/h5-8,11-12,22H,1,9-10,13H2,2-4H3. The van der Waals surface area contributed by atoms with E-state index in [9.17, 15) is 9.90 Å². The third kappa shape index (κ3) is 4.94. The first-order valence-electron chi connectivity index (χ1n) is 8.19. The first kappa shape index (κ1) is 18.7. The van der Waals surface area contributed by atoms with Crippen LogP contribution in [-0.4, -0.2) is 24.3 Å². The van der Waals surface area contributed by atoms with Crippen LogP contribution < -0.4 is 4.74 Å². The summed E-state index contributed by atoms with van der Waals surface area (Å²) in [5.41, 5.74) is 5.49. The monoisotopic (exact) mass is 340 g/mol. The van der Waals surface area contributed by atoms with Crippen LogP contribution >= 0.6 is 0 Å². The van der Waals surface area contributed by atoms with E-state index in [0.717, 1.165) is 22.3 Å². The van der Waals surface area contributed by atoms with Crippen LogP contribution in [0, 0.1) is 13.8 Å². The van der Waals surface area contributed by atoms with Gasteiger partial charge in [0.25, 0.3) is 0 Å². The van der Waals surface area contributed by atoms with Gasteiger partial charge in [-0.05, 0) is 43.5 Å². The molecule has 0 heterocycles. The van der Waals surface area contributed by atoms with Crippen molar-refractivity contribution in [1.82, 2.24) is 0 Å². The number of rotatable bonds is 7. The summed E-state index contributed by atoms with van der Waals surface area (Å²) >= 11 is 0. The van der Waals surface area contributed by atoms with Crippen molar-refractivity contribution in [2.45, 2.75) is 27.4 Å². The number of carbonyl (C=O) groups excluding carboxylic acids is 1. The Morgan fingerprint density at radius 3 is 2.44 bits per heavy atom. The average Bonchev–Trinajstić information content (AvgIpc) is 2.58. The van der Waals surface area contributed by atoms with Crippen LogP contribution in [0.25, 0.3) is 11.1 Å². The van der Waals surface area contributed by atoms with Gasteiger partial charge in [-0.1, -0.05) is 42.5 Å². The zero-order valence-electron chi connectivity index (χ0n) is 15.0. The molecule has 4 heteroatoms. The third-order valence-electron chi connectivity index (χ3n) is 3.82. The summed E-state index contributed by atoms with van der Waals surface area (Å²) in [5, 5.41) is 9.39. The van der Waals surface area contributed by atoms with Gasteiger partial charge in [0.05, 0.1) is 6.61 Å². The molecular formula is C21H24O4. The smallest absolute Gasteiger partial charge is 0.333 e. The van der Waals surface area contributed by atoms with Crippen LogP contribution in [0.3, 0.4) is 0 Å². The molecule has 0 saturated heterocycles. The molecule has 0 aliphatic carbocycles. The highest BCUT2D eigenvalue weighted by Gasteiger charge is 2.11. The second kappa shape index (κ2) is 8.49. The van der Waals surface area contributed by atoms with Crippen molar-refractivity contribution < 1.29 is 19.4 Å². The molecule has 0 aromatic heterocycles. The quantitative estimate of drug-likeness (QED) is 0.471. The Hall–Kier alpha value is -2.59. The lowest BCUT2D eigenvalue weighted by molar-refractivity contribution is -0.139. The van der Waals surface area contributed by atoms with Gasteiger partial charge in [0.1, 0.15) is 19.0 Å². The molecule has 1 N–H and O–H groups in total. The van der Waals surface area contributed by atoms with E-state index in [1.807, 2.05) is 18.2 Å². The number of hydrogen-bond donors (Lipinski definition) is 1. The topological polar surface area (TPSA) is 55.8 Å². The summed E-state index contributed by atoms with van der Waals surface area (Å²) in [6, 6.07) is 11.9. The maximum atomic E-state index is 11.4. The van der Waals surface area contributed by atoms with E-state index in [2.05, 4.69) is 38.6 Å². The first-order valence-corrected chi connectivity index (χ1v) is 8.19. The molecule has 0 atom stereocenters. The molecule has 4 nitrogen and oxygen atoms in total. The lowest BCUT2D eigenvalue weighted by Crippen LogP contribution is -2.12. The van der Waals surface area contributed by atoms with E-state index in [-0.39, 0.29) is 19.8 Å². The van der Waals surface area contributed by atoms with E-state index in [1.165, 1.54) is 5.56 Å². The molecule has 25 heavy (non-hydrogen) atoms. The highest BCUT2D eigenvalue weighted by molar-refractivity contribution is 5.86. The fourth-order valence-corrected chi connectivity index (χ4v) is 2.53. The van der Waals surface area contributed by atoms with Crippen LogP contribution in [0.5, 0.6) is 5.75 Å². The fourth-order valence-electron chi connectivity index (χ4n) is 2.53. The molecular weight excluding hydrogens is 316 g/mol. The van der Waals surface area contributed by atoms with Gasteiger partial charge in [-0.25, -0.2) is 4.79 Å². The van der Waals surface area contributed by atoms with Crippen molar-refractivity contribution in [3.63, 3.8) is 0 Å². The van der Waals surface area contributed by atoms with Crippen LogP contribution in [0.4, 0.5) is 0 Å². The van der Waals surface area contributed by atoms with Crippen molar-refractivity contribution in [2.24, 2.45) is 0 Å². The molecule has 0 spiro atoms. The Bertz CT molecular complexity index is 777. The fraction of sp³-hybridized carbons (Fsp3) is 0.286. The van der Waals surface area contributed by atoms with Crippen LogP contribution in [0.1, 0.15) is 23.6 Å². The van der Waals surface area contributed by atoms with Crippen LogP contribution in [-0.2, 0) is 16.1 Å². The molecule has 0 bridgehead atoms. The Morgan fingerprint density at radius 2 is 1.80 bits per heavy atom. The summed E-state index contributed by atoms with van der Waals surface area (Å²) in [5.74, 6) is 0.229. The van der Waals surface area contributed by atoms with Gasteiger partial charge in [0, 0.05) is 11.1 Å². The number of carbonyl (C=O) groups is 1. The van der Waals surface area contributed by atoms with Crippen molar-refractivity contribution in [3.8, 4) is 16.9 Å². The van der Waals surface area contributed by atoms with Crippen molar-refractivity contribution in [3.05, 3.63) is 65.2 Å². The summed E-state index contributed by atoms with van der Waals surface area (Å²) in [6.07, 6.45) is 0. The summed E-state index contributed by atoms with van der Waals surface area (Å²) in [6.45, 7) is 9.56. The predicted octanol–water partition coefficient (Wildman–Crippen LogP) is 3.96. The lowest BCUT2D eigenvalue weighted by Gasteiger charge is -2.15. The Balaban J connectivity index is 2.20. The number of ether oxygens (including phenoxy) is 2. The Labute approximate surface area is 148 Å². The first-order chi connectivity index (χ1) is 11.9. The van der Waals surface area contributed by atoms with Gasteiger partial charge in [-0.15, -0.1) is 0 Å². The second-order valence-electron chi connectivity index (χ2n) is 6.07. The van der Waals surface area contributed by atoms with Gasteiger partial charge in [0.2, 0.25) is 0 Å². The van der Waals surface area contributed by atoms with E-state index < -0.39 is 5.97 Å². The predicted molar refractivity (Wildman–Crippen MR) is 98.5 cm³/mol. The number of benzene rings is 2. The molecule has 2 aromatic rings. The Morgan fingerprint density at radius 1 is 1.08 bits per heavy atom. The maximum Gasteiger partial charge on any atom is 0.333 e. The van der Waals surface area contributed by atoms with E-state index >= 15 is 0 Å². The molecule has 2 aromatic carbocycles. The van der Waals surface area contributed by atoms with Crippen molar-refractivity contribution in [2.75, 3.05) is 13.2 Å². The lowest BCUT2D eigenvalue weighted by atomic mass is 9.97. The molecule has 0 fully saturated rings. The summed E-state index contributed by atoms with van der Waals surface area (Å²) < 4.78 is 10.9. The Kier molecular flexibility index (Phi) is 6.37. The molecule has 0 radical (unpaired) electrons. The number of aryl methyl sites for hydroxylation is 2. The maximum absolute atomic E-state index is 11.4. The minimum atomic E-state index is -0.428. The molecule has 0 saturated carbocycles. The number of esters is 1.